The second-order valence-corrected chi connectivity index (χ2v) is 6.98. The summed E-state index contributed by atoms with van der Waals surface area (Å²) in [7, 11) is 0. The van der Waals surface area contributed by atoms with Crippen molar-refractivity contribution in [1.29, 1.82) is 0 Å². The molecule has 27 heavy (non-hydrogen) atoms. The molecule has 0 spiro atoms. The third kappa shape index (κ3) is 2.65. The van der Waals surface area contributed by atoms with E-state index in [0.29, 0.717) is 0 Å². The molecule has 0 N–H and O–H groups in total. The van der Waals surface area contributed by atoms with Gasteiger partial charge in [-0.1, -0.05) is 78.7 Å². The molecule has 4 aromatic rings. The number of hydrogen-bond donors (Lipinski definition) is 0. The Morgan fingerprint density at radius 2 is 1.22 bits per heavy atom. The van der Waals surface area contributed by atoms with Gasteiger partial charge in [-0.2, -0.15) is 0 Å². The average molecular weight is 342 g/mol. The van der Waals surface area contributed by atoms with Crippen molar-refractivity contribution in [2.24, 2.45) is 0 Å². The maximum absolute atomic E-state index is 5.88. The highest BCUT2D eigenvalue weighted by atomic mass is 14.3. The van der Waals surface area contributed by atoms with Gasteiger partial charge in [-0.25, -0.2) is 0 Å². The molecule has 5 rings (SSSR count). The Morgan fingerprint density at radius 3 is 1.89 bits per heavy atom. The van der Waals surface area contributed by atoms with Gasteiger partial charge in [-0.3, -0.25) is 0 Å². The van der Waals surface area contributed by atoms with E-state index >= 15 is 0 Å². The Labute approximate surface area is 160 Å². The van der Waals surface area contributed by atoms with Crippen molar-refractivity contribution in [1.82, 2.24) is 0 Å². The minimum Gasteiger partial charge on any atom is -0.115 e. The fourth-order valence-corrected chi connectivity index (χ4v) is 4.01. The molecule has 0 saturated heterocycles. The predicted octanol–water partition coefficient (Wildman–Crippen LogP) is 6.57. The fourth-order valence-electron chi connectivity index (χ4n) is 4.01. The number of terminal acetylenes is 1. The SMILES string of the molecule is C#Cc1cc(-c2ccccc2)cc2c1Cc1ccc(-c3ccccc3)cc1-2. The monoisotopic (exact) mass is 342 g/mol. The highest BCUT2D eigenvalue weighted by molar-refractivity contribution is 5.86. The van der Waals surface area contributed by atoms with Crippen LogP contribution in [-0.4, -0.2) is 0 Å². The minimum absolute atomic E-state index is 0.911. The molecule has 126 valence electrons. The van der Waals surface area contributed by atoms with Crippen LogP contribution in [0.1, 0.15) is 16.7 Å². The smallest absolute Gasteiger partial charge is 0.0290 e. The number of fused-ring (bicyclic) bond motifs is 3. The van der Waals surface area contributed by atoms with Crippen molar-refractivity contribution < 1.29 is 0 Å². The van der Waals surface area contributed by atoms with Gasteiger partial charge in [0.05, 0.1) is 0 Å². The first-order valence-electron chi connectivity index (χ1n) is 9.21. The summed E-state index contributed by atoms with van der Waals surface area (Å²) < 4.78 is 0. The van der Waals surface area contributed by atoms with Gasteiger partial charge in [-0.05, 0) is 69.1 Å². The molecule has 4 aromatic carbocycles. The number of hydrogen-bond acceptors (Lipinski definition) is 0. The summed E-state index contributed by atoms with van der Waals surface area (Å²) >= 11 is 0. The van der Waals surface area contributed by atoms with Crippen LogP contribution in [0, 0.1) is 12.3 Å². The van der Waals surface area contributed by atoms with E-state index in [1.54, 1.807) is 0 Å². The van der Waals surface area contributed by atoms with Crippen LogP contribution in [0.2, 0.25) is 0 Å². The quantitative estimate of drug-likeness (QED) is 0.318. The van der Waals surface area contributed by atoms with Crippen LogP contribution in [0.4, 0.5) is 0 Å². The maximum Gasteiger partial charge on any atom is 0.0290 e. The summed E-state index contributed by atoms with van der Waals surface area (Å²) in [5.74, 6) is 2.92. The standard InChI is InChI=1S/C27H18/c1-2-19-15-24(21-11-7-4-8-12-21)18-27-25(19)17-23-14-13-22(16-26(23)27)20-9-5-3-6-10-20/h1,3-16,18H,17H2. The molecule has 0 atom stereocenters. The lowest BCUT2D eigenvalue weighted by molar-refractivity contribution is 1.25. The number of rotatable bonds is 2. The van der Waals surface area contributed by atoms with Crippen LogP contribution in [0.3, 0.4) is 0 Å². The normalized spacial score (nSPS) is 11.5. The fraction of sp³-hybridized carbons (Fsp3) is 0.0370. The second-order valence-electron chi connectivity index (χ2n) is 6.98. The van der Waals surface area contributed by atoms with Gasteiger partial charge in [-0.15, -0.1) is 6.42 Å². The lowest BCUT2D eigenvalue weighted by atomic mass is 9.94. The largest absolute Gasteiger partial charge is 0.115 e. The van der Waals surface area contributed by atoms with Gasteiger partial charge in [0.25, 0.3) is 0 Å². The Balaban J connectivity index is 1.70. The zero-order valence-electron chi connectivity index (χ0n) is 14.9. The van der Waals surface area contributed by atoms with Crippen LogP contribution < -0.4 is 0 Å². The Morgan fingerprint density at radius 1 is 0.593 bits per heavy atom. The molecule has 1 aliphatic carbocycles. The molecule has 0 saturated carbocycles. The zero-order valence-corrected chi connectivity index (χ0v) is 14.9. The van der Waals surface area contributed by atoms with Crippen LogP contribution >= 0.6 is 0 Å². The van der Waals surface area contributed by atoms with Crippen molar-refractivity contribution in [3.05, 3.63) is 108 Å². The lowest BCUT2D eigenvalue weighted by Crippen LogP contribution is -1.90. The topological polar surface area (TPSA) is 0 Å². The van der Waals surface area contributed by atoms with Crippen molar-refractivity contribution in [3.8, 4) is 45.7 Å². The summed E-state index contributed by atoms with van der Waals surface area (Å²) in [5.41, 5.74) is 11.1. The van der Waals surface area contributed by atoms with E-state index in [2.05, 4.69) is 90.8 Å². The van der Waals surface area contributed by atoms with Crippen LogP contribution in [0.25, 0.3) is 33.4 Å². The highest BCUT2D eigenvalue weighted by Crippen LogP contribution is 2.42. The molecule has 0 nitrogen and oxygen atoms in total. The first kappa shape index (κ1) is 15.7. The average Bonchev–Trinajstić information content (AvgIpc) is 3.12. The van der Waals surface area contributed by atoms with E-state index in [0.717, 1.165) is 12.0 Å². The Kier molecular flexibility index (Phi) is 3.66. The van der Waals surface area contributed by atoms with Crippen LogP contribution in [0.15, 0.2) is 91.0 Å². The molecular formula is C27H18. The van der Waals surface area contributed by atoms with Crippen molar-refractivity contribution in [3.63, 3.8) is 0 Å². The molecule has 0 amide bonds. The lowest BCUT2D eigenvalue weighted by Gasteiger charge is -2.10. The van der Waals surface area contributed by atoms with Gasteiger partial charge in [0.1, 0.15) is 0 Å². The van der Waals surface area contributed by atoms with Gasteiger partial charge >= 0.3 is 0 Å². The molecule has 0 bridgehead atoms. The van der Waals surface area contributed by atoms with E-state index in [1.165, 1.54) is 44.5 Å². The molecule has 0 radical (unpaired) electrons. The van der Waals surface area contributed by atoms with E-state index in [-0.39, 0.29) is 0 Å². The van der Waals surface area contributed by atoms with E-state index in [1.807, 2.05) is 6.07 Å². The third-order valence-electron chi connectivity index (χ3n) is 5.39. The van der Waals surface area contributed by atoms with Crippen molar-refractivity contribution in [2.75, 3.05) is 0 Å². The molecular weight excluding hydrogens is 324 g/mol. The second kappa shape index (κ2) is 6.31. The summed E-state index contributed by atoms with van der Waals surface area (Å²) in [5, 5.41) is 0. The first-order valence-corrected chi connectivity index (χ1v) is 9.21. The number of benzene rings is 4. The van der Waals surface area contributed by atoms with Gasteiger partial charge in [0.2, 0.25) is 0 Å². The predicted molar refractivity (Wildman–Crippen MR) is 113 cm³/mol. The molecule has 1 aliphatic rings. The first-order chi connectivity index (χ1) is 13.3. The van der Waals surface area contributed by atoms with Crippen molar-refractivity contribution >= 4 is 0 Å². The van der Waals surface area contributed by atoms with E-state index < -0.39 is 0 Å². The molecule has 0 fully saturated rings. The van der Waals surface area contributed by atoms with Gasteiger partial charge in [0, 0.05) is 5.56 Å². The molecule has 0 aliphatic heterocycles. The molecule has 0 aromatic heterocycles. The Bertz CT molecular complexity index is 1180. The van der Waals surface area contributed by atoms with Gasteiger partial charge < -0.3 is 0 Å². The molecule has 0 heteroatoms. The summed E-state index contributed by atoms with van der Waals surface area (Å²) in [6, 6.07) is 32.2. The van der Waals surface area contributed by atoms with Crippen LogP contribution in [-0.2, 0) is 6.42 Å². The highest BCUT2D eigenvalue weighted by Gasteiger charge is 2.22. The van der Waals surface area contributed by atoms with E-state index in [9.17, 15) is 0 Å². The molecule has 0 unspecified atom stereocenters. The summed E-state index contributed by atoms with van der Waals surface area (Å²) in [6.07, 6.45) is 6.79. The summed E-state index contributed by atoms with van der Waals surface area (Å²) in [6.45, 7) is 0. The molecule has 0 heterocycles. The van der Waals surface area contributed by atoms with Gasteiger partial charge in [0.15, 0.2) is 0 Å². The third-order valence-corrected chi connectivity index (χ3v) is 5.39. The summed E-state index contributed by atoms with van der Waals surface area (Å²) in [4.78, 5) is 0. The minimum atomic E-state index is 0.911. The van der Waals surface area contributed by atoms with Crippen molar-refractivity contribution in [2.45, 2.75) is 6.42 Å². The van der Waals surface area contributed by atoms with E-state index in [4.69, 9.17) is 6.42 Å². The Hall–Kier alpha value is -3.56. The maximum atomic E-state index is 5.88. The zero-order chi connectivity index (χ0) is 18.2. The van der Waals surface area contributed by atoms with Crippen LogP contribution in [0.5, 0.6) is 0 Å².